The lowest BCUT2D eigenvalue weighted by Crippen LogP contribution is -2.36. The van der Waals surface area contributed by atoms with Gasteiger partial charge in [-0.2, -0.15) is 0 Å². The van der Waals surface area contributed by atoms with Gasteiger partial charge in [0.2, 0.25) is 0 Å². The number of ether oxygens (including phenoxy) is 3. The van der Waals surface area contributed by atoms with E-state index >= 15 is 0 Å². The zero-order valence-corrected chi connectivity index (χ0v) is 18.8. The molecule has 1 heterocycles. The molecule has 0 radical (unpaired) electrons. The maximum absolute atomic E-state index is 13.2. The highest BCUT2D eigenvalue weighted by atomic mass is 32.2. The first-order valence-corrected chi connectivity index (χ1v) is 11.7. The predicted molar refractivity (Wildman–Crippen MR) is 118 cm³/mol. The number of carbonyl (C=O) groups excluding carboxylic acids is 1. The monoisotopic (exact) mass is 448 g/mol. The van der Waals surface area contributed by atoms with Crippen molar-refractivity contribution in [3.8, 4) is 17.2 Å². The Hall–Kier alpha value is -2.94. The molecule has 0 saturated carbocycles. The zero-order chi connectivity index (χ0) is 22.4. The lowest BCUT2D eigenvalue weighted by atomic mass is 10.1. The molecule has 1 saturated heterocycles. The molecule has 1 aliphatic rings. The Kier molecular flexibility index (Phi) is 7.27. The number of amides is 1. The maximum Gasteiger partial charge on any atom is 0.261 e. The van der Waals surface area contributed by atoms with Gasteiger partial charge in [0.1, 0.15) is 5.75 Å². The minimum Gasteiger partial charge on any atom is -0.494 e. The third-order valence-electron chi connectivity index (χ3n) is 5.09. The summed E-state index contributed by atoms with van der Waals surface area (Å²) in [5.41, 5.74) is 0.358. The van der Waals surface area contributed by atoms with Crippen LogP contribution in [0.2, 0.25) is 0 Å². The van der Waals surface area contributed by atoms with Crippen molar-refractivity contribution in [2.75, 3.05) is 38.6 Å². The van der Waals surface area contributed by atoms with Crippen molar-refractivity contribution < 1.29 is 27.4 Å². The standard InChI is InChI=1S/C22H28N2O6S/c1-4-30-16-8-10-17(11-9-16)31(26,27)23-19-15-21(29-3)20(28-2)14-18(19)22(25)24-12-6-5-7-13-24/h8-11,14-15,23H,4-7,12-13H2,1-3H3. The second-order valence-corrected chi connectivity index (χ2v) is 8.80. The van der Waals surface area contributed by atoms with Gasteiger partial charge in [0.25, 0.3) is 15.9 Å². The van der Waals surface area contributed by atoms with E-state index in [1.54, 1.807) is 17.0 Å². The number of methoxy groups -OCH3 is 2. The number of hydrogen-bond acceptors (Lipinski definition) is 6. The van der Waals surface area contributed by atoms with Crippen LogP contribution in [0.5, 0.6) is 17.2 Å². The van der Waals surface area contributed by atoms with Crippen LogP contribution in [0.3, 0.4) is 0 Å². The van der Waals surface area contributed by atoms with Gasteiger partial charge >= 0.3 is 0 Å². The highest BCUT2D eigenvalue weighted by molar-refractivity contribution is 7.92. The summed E-state index contributed by atoms with van der Waals surface area (Å²) >= 11 is 0. The van der Waals surface area contributed by atoms with Crippen LogP contribution in [0, 0.1) is 0 Å². The number of benzene rings is 2. The van der Waals surface area contributed by atoms with E-state index in [4.69, 9.17) is 14.2 Å². The van der Waals surface area contributed by atoms with Crippen LogP contribution in [0.1, 0.15) is 36.5 Å². The average Bonchev–Trinajstić information content (AvgIpc) is 2.79. The van der Waals surface area contributed by atoms with E-state index in [1.165, 1.54) is 38.5 Å². The Morgan fingerprint density at radius 1 is 1.00 bits per heavy atom. The van der Waals surface area contributed by atoms with Gasteiger partial charge in [0.05, 0.1) is 37.0 Å². The molecular formula is C22H28N2O6S. The molecule has 1 aliphatic heterocycles. The van der Waals surface area contributed by atoms with E-state index in [9.17, 15) is 13.2 Å². The fourth-order valence-corrected chi connectivity index (χ4v) is 4.56. The molecule has 2 aromatic carbocycles. The first-order chi connectivity index (χ1) is 14.9. The second kappa shape index (κ2) is 9.91. The smallest absolute Gasteiger partial charge is 0.261 e. The molecule has 0 spiro atoms. The fourth-order valence-electron chi connectivity index (χ4n) is 3.49. The second-order valence-electron chi connectivity index (χ2n) is 7.12. The predicted octanol–water partition coefficient (Wildman–Crippen LogP) is 3.53. The minimum absolute atomic E-state index is 0.0575. The summed E-state index contributed by atoms with van der Waals surface area (Å²) < 4.78 is 44.6. The van der Waals surface area contributed by atoms with Crippen LogP contribution < -0.4 is 18.9 Å². The van der Waals surface area contributed by atoms with Gasteiger partial charge in [-0.25, -0.2) is 8.42 Å². The summed E-state index contributed by atoms with van der Waals surface area (Å²) in [6.45, 7) is 3.61. The summed E-state index contributed by atoms with van der Waals surface area (Å²) in [4.78, 5) is 15.0. The number of likely N-dealkylation sites (tertiary alicyclic amines) is 1. The van der Waals surface area contributed by atoms with E-state index in [0.717, 1.165) is 19.3 Å². The Balaban J connectivity index is 1.98. The summed E-state index contributed by atoms with van der Waals surface area (Å²) in [5, 5.41) is 0. The topological polar surface area (TPSA) is 94.2 Å². The van der Waals surface area contributed by atoms with Crippen molar-refractivity contribution in [2.24, 2.45) is 0 Å². The maximum atomic E-state index is 13.2. The number of carbonyl (C=O) groups is 1. The van der Waals surface area contributed by atoms with E-state index < -0.39 is 10.0 Å². The van der Waals surface area contributed by atoms with E-state index in [2.05, 4.69) is 4.72 Å². The molecule has 3 rings (SSSR count). The van der Waals surface area contributed by atoms with E-state index in [0.29, 0.717) is 36.9 Å². The largest absolute Gasteiger partial charge is 0.494 e. The Bertz CT molecular complexity index is 1020. The molecule has 1 amide bonds. The van der Waals surface area contributed by atoms with Gasteiger partial charge in [-0.3, -0.25) is 9.52 Å². The quantitative estimate of drug-likeness (QED) is 0.664. The minimum atomic E-state index is -3.95. The van der Waals surface area contributed by atoms with Crippen molar-refractivity contribution in [3.63, 3.8) is 0 Å². The number of hydrogen-bond donors (Lipinski definition) is 1. The van der Waals surface area contributed by atoms with Gasteiger partial charge in [-0.05, 0) is 56.5 Å². The number of nitrogens with zero attached hydrogens (tertiary/aromatic N) is 1. The highest BCUT2D eigenvalue weighted by Gasteiger charge is 2.26. The van der Waals surface area contributed by atoms with Crippen LogP contribution in [0.25, 0.3) is 0 Å². The van der Waals surface area contributed by atoms with Gasteiger partial charge < -0.3 is 19.1 Å². The molecule has 0 aliphatic carbocycles. The third-order valence-corrected chi connectivity index (χ3v) is 6.47. The van der Waals surface area contributed by atoms with Crippen LogP contribution in [0.4, 0.5) is 5.69 Å². The Morgan fingerprint density at radius 3 is 2.19 bits per heavy atom. The van der Waals surface area contributed by atoms with Gasteiger partial charge in [0, 0.05) is 19.2 Å². The molecule has 168 valence electrons. The molecular weight excluding hydrogens is 420 g/mol. The van der Waals surface area contributed by atoms with E-state index in [-0.39, 0.29) is 22.1 Å². The first kappa shape index (κ1) is 22.7. The highest BCUT2D eigenvalue weighted by Crippen LogP contribution is 2.35. The number of sulfonamides is 1. The summed E-state index contributed by atoms with van der Waals surface area (Å²) in [6, 6.07) is 9.09. The molecule has 31 heavy (non-hydrogen) atoms. The van der Waals surface area contributed by atoms with Crippen LogP contribution in [-0.2, 0) is 10.0 Å². The van der Waals surface area contributed by atoms with Crippen molar-refractivity contribution >= 4 is 21.6 Å². The lowest BCUT2D eigenvalue weighted by Gasteiger charge is -2.28. The molecule has 1 fully saturated rings. The molecule has 0 unspecified atom stereocenters. The van der Waals surface area contributed by atoms with Crippen LogP contribution in [-0.4, -0.2) is 53.1 Å². The number of anilines is 1. The number of rotatable bonds is 8. The lowest BCUT2D eigenvalue weighted by molar-refractivity contribution is 0.0725. The molecule has 8 nitrogen and oxygen atoms in total. The molecule has 9 heteroatoms. The molecule has 0 aromatic heterocycles. The normalized spacial score (nSPS) is 14.1. The molecule has 2 aromatic rings. The molecule has 1 N–H and O–H groups in total. The van der Waals surface area contributed by atoms with Gasteiger partial charge in [-0.15, -0.1) is 0 Å². The van der Waals surface area contributed by atoms with Gasteiger partial charge in [0.15, 0.2) is 11.5 Å². The zero-order valence-electron chi connectivity index (χ0n) is 18.0. The molecule has 0 bridgehead atoms. The fraction of sp³-hybridized carbons (Fsp3) is 0.409. The molecule has 0 atom stereocenters. The van der Waals surface area contributed by atoms with Gasteiger partial charge in [-0.1, -0.05) is 0 Å². The Morgan fingerprint density at radius 2 is 1.61 bits per heavy atom. The van der Waals surface area contributed by atoms with Crippen LogP contribution >= 0.6 is 0 Å². The SMILES string of the molecule is CCOc1ccc(S(=O)(=O)Nc2cc(OC)c(OC)cc2C(=O)N2CCCCC2)cc1. The summed E-state index contributed by atoms with van der Waals surface area (Å²) in [6.07, 6.45) is 2.92. The van der Waals surface area contributed by atoms with Crippen molar-refractivity contribution in [3.05, 3.63) is 42.0 Å². The average molecular weight is 449 g/mol. The summed E-state index contributed by atoms with van der Waals surface area (Å²) in [7, 11) is -1.03. The van der Waals surface area contributed by atoms with Crippen molar-refractivity contribution in [2.45, 2.75) is 31.1 Å². The Labute approximate surface area is 183 Å². The number of nitrogens with one attached hydrogen (secondary N) is 1. The third kappa shape index (κ3) is 5.22. The van der Waals surface area contributed by atoms with Crippen molar-refractivity contribution in [1.29, 1.82) is 0 Å². The first-order valence-electron chi connectivity index (χ1n) is 10.2. The van der Waals surface area contributed by atoms with Crippen LogP contribution in [0.15, 0.2) is 41.3 Å². The van der Waals surface area contributed by atoms with Crippen molar-refractivity contribution in [1.82, 2.24) is 4.90 Å². The summed E-state index contributed by atoms with van der Waals surface area (Å²) in [5.74, 6) is 1.01. The van der Waals surface area contributed by atoms with E-state index in [1.807, 2.05) is 6.92 Å². The number of piperidine rings is 1.